The molecule has 0 saturated carbocycles. The van der Waals surface area contributed by atoms with E-state index in [1.54, 1.807) is 0 Å². The van der Waals surface area contributed by atoms with Crippen molar-refractivity contribution in [2.24, 2.45) is 0 Å². The maximum Gasteiger partial charge on any atom is 0.522 e. The highest BCUT2D eigenvalue weighted by Gasteiger charge is 2.32. The molecule has 39 heavy (non-hydrogen) atoms. The SMILES string of the molecule is CCC(COC(F)(F)F)NC(=O)Oc1cn(-c2ccc(F)cc2F)c2nc(N3C[C@@H](O)CC3=O)ccc2c1=O. The molecule has 4 rings (SSSR count). The highest BCUT2D eigenvalue weighted by atomic mass is 19.4. The van der Waals surface area contributed by atoms with Crippen molar-refractivity contribution >= 4 is 28.9 Å². The molecular formula is C24H21F5N4O6. The lowest BCUT2D eigenvalue weighted by atomic mass is 10.2. The molecule has 208 valence electrons. The molecule has 2 amide bonds. The average molecular weight is 556 g/mol. The number of rotatable bonds is 7. The van der Waals surface area contributed by atoms with Gasteiger partial charge in [-0.25, -0.2) is 18.6 Å². The monoisotopic (exact) mass is 556 g/mol. The van der Waals surface area contributed by atoms with E-state index in [0.717, 1.165) is 22.9 Å². The van der Waals surface area contributed by atoms with Crippen molar-refractivity contribution in [1.29, 1.82) is 0 Å². The predicted octanol–water partition coefficient (Wildman–Crippen LogP) is 3.16. The Kier molecular flexibility index (Phi) is 7.83. The first-order chi connectivity index (χ1) is 18.4. The molecule has 3 heterocycles. The molecule has 0 aliphatic carbocycles. The van der Waals surface area contributed by atoms with Crippen LogP contribution in [-0.4, -0.2) is 58.3 Å². The molecule has 1 aromatic carbocycles. The van der Waals surface area contributed by atoms with Crippen LogP contribution in [0.15, 0.2) is 41.3 Å². The number of fused-ring (bicyclic) bond motifs is 1. The third-order valence-electron chi connectivity index (χ3n) is 5.82. The standard InChI is InChI=1S/C24H21F5N4O6/c1-2-13(11-38-24(27,28)29)30-23(37)39-18-10-32(17-5-3-12(25)7-16(17)26)22-15(21(18)36)4-6-19(31-22)33-9-14(34)8-20(33)35/h3-7,10,13-14,34H,2,8-9,11H2,1H3,(H,30,37)/t13?,14-/m0/s1. The van der Waals surface area contributed by atoms with Gasteiger partial charge in [-0.1, -0.05) is 6.92 Å². The number of hydrogen-bond acceptors (Lipinski definition) is 7. The van der Waals surface area contributed by atoms with E-state index in [4.69, 9.17) is 4.74 Å². The third-order valence-corrected chi connectivity index (χ3v) is 5.82. The third kappa shape index (κ3) is 6.31. The number of carbonyl (C=O) groups excluding carboxylic acids is 2. The number of carbonyl (C=O) groups is 2. The predicted molar refractivity (Wildman–Crippen MR) is 125 cm³/mol. The molecule has 15 heteroatoms. The topological polar surface area (TPSA) is 123 Å². The Labute approximate surface area is 216 Å². The van der Waals surface area contributed by atoms with Gasteiger partial charge in [-0.3, -0.25) is 23.8 Å². The number of benzene rings is 1. The second-order valence-electron chi connectivity index (χ2n) is 8.59. The number of pyridine rings is 2. The van der Waals surface area contributed by atoms with Gasteiger partial charge < -0.3 is 15.2 Å². The van der Waals surface area contributed by atoms with Crippen molar-refractivity contribution in [2.75, 3.05) is 18.1 Å². The molecule has 0 spiro atoms. The van der Waals surface area contributed by atoms with E-state index in [0.29, 0.717) is 6.07 Å². The molecule has 0 bridgehead atoms. The Morgan fingerprint density at radius 1 is 1.23 bits per heavy atom. The second kappa shape index (κ2) is 10.9. The molecule has 2 aromatic heterocycles. The Morgan fingerprint density at radius 3 is 2.59 bits per heavy atom. The fourth-order valence-corrected chi connectivity index (χ4v) is 3.92. The number of alkyl halides is 3. The fraction of sp³-hybridized carbons (Fsp3) is 0.333. The number of anilines is 1. The number of amides is 2. The lowest BCUT2D eigenvalue weighted by Crippen LogP contribution is -2.41. The number of halogens is 5. The fourth-order valence-electron chi connectivity index (χ4n) is 3.92. The summed E-state index contributed by atoms with van der Waals surface area (Å²) in [5.74, 6) is -2.99. The molecule has 3 aromatic rings. The summed E-state index contributed by atoms with van der Waals surface area (Å²) in [6.07, 6.45) is -6.34. The lowest BCUT2D eigenvalue weighted by molar-refractivity contribution is -0.326. The first-order valence-electron chi connectivity index (χ1n) is 11.6. The minimum atomic E-state index is -4.92. The smallest absolute Gasteiger partial charge is 0.405 e. The summed E-state index contributed by atoms with van der Waals surface area (Å²) >= 11 is 0. The second-order valence-corrected chi connectivity index (χ2v) is 8.59. The number of β-amino-alcohol motifs (C(OH)–C–C–N with tert-alkyl or cyclic N) is 1. The maximum absolute atomic E-state index is 14.8. The quantitative estimate of drug-likeness (QED) is 0.429. The van der Waals surface area contributed by atoms with Gasteiger partial charge >= 0.3 is 12.5 Å². The maximum atomic E-state index is 14.8. The summed E-state index contributed by atoms with van der Waals surface area (Å²) in [6, 6.07) is 3.98. The Balaban J connectivity index is 1.75. The summed E-state index contributed by atoms with van der Waals surface area (Å²) < 4.78 is 75.3. The van der Waals surface area contributed by atoms with E-state index in [1.807, 2.05) is 0 Å². The van der Waals surface area contributed by atoms with Crippen LogP contribution in [0.2, 0.25) is 0 Å². The van der Waals surface area contributed by atoms with Crippen molar-refractivity contribution in [1.82, 2.24) is 14.9 Å². The van der Waals surface area contributed by atoms with Crippen molar-refractivity contribution in [3.05, 3.63) is 58.4 Å². The average Bonchev–Trinajstić information content (AvgIpc) is 3.20. The molecule has 1 fully saturated rings. The van der Waals surface area contributed by atoms with Gasteiger partial charge in [-0.2, -0.15) is 0 Å². The van der Waals surface area contributed by atoms with Gasteiger partial charge in [0.15, 0.2) is 11.4 Å². The Hall–Kier alpha value is -4.11. The van der Waals surface area contributed by atoms with Crippen LogP contribution in [0.25, 0.3) is 16.7 Å². The van der Waals surface area contributed by atoms with Crippen LogP contribution < -0.4 is 20.4 Å². The summed E-state index contributed by atoms with van der Waals surface area (Å²) in [6.45, 7) is 0.511. The number of nitrogens with one attached hydrogen (secondary N) is 1. The number of aliphatic hydroxyl groups is 1. The minimum Gasteiger partial charge on any atom is -0.405 e. The zero-order chi connectivity index (χ0) is 28.5. The van der Waals surface area contributed by atoms with Crippen molar-refractivity contribution < 1.29 is 46.1 Å². The van der Waals surface area contributed by atoms with Crippen LogP contribution in [0.1, 0.15) is 19.8 Å². The van der Waals surface area contributed by atoms with Gasteiger partial charge in [-0.15, -0.1) is 13.2 Å². The van der Waals surface area contributed by atoms with Crippen molar-refractivity contribution in [3.63, 3.8) is 0 Å². The van der Waals surface area contributed by atoms with Crippen LogP contribution >= 0.6 is 0 Å². The lowest BCUT2D eigenvalue weighted by Gasteiger charge is -2.19. The highest BCUT2D eigenvalue weighted by molar-refractivity contribution is 5.96. The molecule has 2 N–H and O–H groups in total. The normalized spacial score (nSPS) is 16.5. The molecule has 2 atom stereocenters. The van der Waals surface area contributed by atoms with Gasteiger partial charge in [-0.05, 0) is 30.7 Å². The summed E-state index contributed by atoms with van der Waals surface area (Å²) in [7, 11) is 0. The summed E-state index contributed by atoms with van der Waals surface area (Å²) in [5, 5.41) is 11.8. The zero-order valence-corrected chi connectivity index (χ0v) is 20.2. The summed E-state index contributed by atoms with van der Waals surface area (Å²) in [4.78, 5) is 43.3. The number of aliphatic hydroxyl groups excluding tert-OH is 1. The van der Waals surface area contributed by atoms with E-state index in [2.05, 4.69) is 15.0 Å². The molecule has 1 aliphatic rings. The van der Waals surface area contributed by atoms with E-state index in [1.165, 1.54) is 24.0 Å². The van der Waals surface area contributed by atoms with Crippen molar-refractivity contribution in [3.8, 4) is 11.4 Å². The number of hydrogen-bond donors (Lipinski definition) is 2. The number of nitrogens with zero attached hydrogens (tertiary/aromatic N) is 3. The molecule has 10 nitrogen and oxygen atoms in total. The molecule has 1 unspecified atom stereocenters. The van der Waals surface area contributed by atoms with E-state index < -0.39 is 59.9 Å². The van der Waals surface area contributed by atoms with Gasteiger partial charge in [0.05, 0.1) is 49.0 Å². The molecule has 1 aliphatic heterocycles. The van der Waals surface area contributed by atoms with Gasteiger partial charge in [0, 0.05) is 6.07 Å². The van der Waals surface area contributed by atoms with E-state index in [-0.39, 0.29) is 41.9 Å². The van der Waals surface area contributed by atoms with Crippen LogP contribution in [0.3, 0.4) is 0 Å². The van der Waals surface area contributed by atoms with E-state index in [9.17, 15) is 41.4 Å². The van der Waals surface area contributed by atoms with Gasteiger partial charge in [0.2, 0.25) is 11.3 Å². The summed E-state index contributed by atoms with van der Waals surface area (Å²) in [5.41, 5.74) is -1.37. The van der Waals surface area contributed by atoms with Gasteiger partial charge in [0.25, 0.3) is 0 Å². The van der Waals surface area contributed by atoms with Crippen molar-refractivity contribution in [2.45, 2.75) is 38.3 Å². The highest BCUT2D eigenvalue weighted by Crippen LogP contribution is 2.26. The number of aromatic nitrogens is 2. The van der Waals surface area contributed by atoms with E-state index >= 15 is 0 Å². The van der Waals surface area contributed by atoms with Crippen LogP contribution in [0.4, 0.5) is 32.6 Å². The van der Waals surface area contributed by atoms with Crippen LogP contribution in [0, 0.1) is 11.6 Å². The molecule has 1 saturated heterocycles. The Morgan fingerprint density at radius 2 is 1.97 bits per heavy atom. The molecular weight excluding hydrogens is 535 g/mol. The first kappa shape index (κ1) is 27.9. The minimum absolute atomic E-state index is 0.0323. The van der Waals surface area contributed by atoms with Gasteiger partial charge in [0.1, 0.15) is 17.5 Å². The first-order valence-corrected chi connectivity index (χ1v) is 11.6. The van der Waals surface area contributed by atoms with Crippen LogP contribution in [-0.2, 0) is 9.53 Å². The molecule has 0 radical (unpaired) electrons. The van der Waals surface area contributed by atoms with Crippen LogP contribution in [0.5, 0.6) is 5.75 Å². The zero-order valence-electron chi connectivity index (χ0n) is 20.2. The Bertz CT molecular complexity index is 1480. The number of ether oxygens (including phenoxy) is 2. The largest absolute Gasteiger partial charge is 0.522 e.